The molecule has 0 saturated carbocycles. The van der Waals surface area contributed by atoms with E-state index >= 15 is 0 Å². The molecule has 0 heterocycles. The predicted molar refractivity (Wildman–Crippen MR) is 37.3 cm³/mol. The molecule has 0 bridgehead atoms. The molecule has 0 aromatic heterocycles. The van der Waals surface area contributed by atoms with Crippen molar-refractivity contribution in [2.24, 2.45) is 0 Å². The third-order valence-electron chi connectivity index (χ3n) is 0.900. The molecule has 2 nitrogen and oxygen atoms in total. The van der Waals surface area contributed by atoms with Crippen molar-refractivity contribution in [1.29, 1.82) is 0 Å². The molecule has 0 amide bonds. The van der Waals surface area contributed by atoms with Gasteiger partial charge in [0.1, 0.15) is 0 Å². The Morgan fingerprint density at radius 1 is 1.44 bits per heavy atom. The lowest BCUT2D eigenvalue weighted by Crippen LogP contribution is -1.99. The molecule has 1 N–H and O–H groups in total. The summed E-state index contributed by atoms with van der Waals surface area (Å²) >= 11 is 0. The van der Waals surface area contributed by atoms with Gasteiger partial charge in [0.05, 0.1) is 19.8 Å². The fraction of sp³-hybridized carbons (Fsp3) is 0.714. The minimum atomic E-state index is 0.121. The molecule has 0 aliphatic rings. The van der Waals surface area contributed by atoms with Crippen molar-refractivity contribution < 1.29 is 9.84 Å². The van der Waals surface area contributed by atoms with E-state index in [2.05, 4.69) is 0 Å². The molecular formula is C7H14O2. The van der Waals surface area contributed by atoms with E-state index < -0.39 is 0 Å². The van der Waals surface area contributed by atoms with E-state index in [-0.39, 0.29) is 6.61 Å². The van der Waals surface area contributed by atoms with E-state index in [0.717, 1.165) is 6.42 Å². The van der Waals surface area contributed by atoms with Gasteiger partial charge in [-0.05, 0) is 13.3 Å². The molecule has 0 rings (SSSR count). The summed E-state index contributed by atoms with van der Waals surface area (Å²) in [5.41, 5.74) is 0. The van der Waals surface area contributed by atoms with Crippen LogP contribution in [-0.4, -0.2) is 24.9 Å². The Hall–Kier alpha value is -0.340. The van der Waals surface area contributed by atoms with Crippen LogP contribution in [0.25, 0.3) is 0 Å². The third-order valence-corrected chi connectivity index (χ3v) is 0.900. The largest absolute Gasteiger partial charge is 0.394 e. The SMILES string of the molecule is CC=CCCOCCO. The van der Waals surface area contributed by atoms with Gasteiger partial charge in [0, 0.05) is 0 Å². The lowest BCUT2D eigenvalue weighted by molar-refractivity contribution is 0.0955. The maximum absolute atomic E-state index is 8.28. The topological polar surface area (TPSA) is 29.5 Å². The highest BCUT2D eigenvalue weighted by atomic mass is 16.5. The van der Waals surface area contributed by atoms with Crippen molar-refractivity contribution >= 4 is 0 Å². The van der Waals surface area contributed by atoms with Gasteiger partial charge >= 0.3 is 0 Å². The molecule has 0 saturated heterocycles. The highest BCUT2D eigenvalue weighted by molar-refractivity contribution is 4.75. The van der Waals surface area contributed by atoms with Gasteiger partial charge in [-0.1, -0.05) is 12.2 Å². The Labute approximate surface area is 56.1 Å². The molecule has 54 valence electrons. The van der Waals surface area contributed by atoms with Crippen LogP contribution < -0.4 is 0 Å². The van der Waals surface area contributed by atoms with Gasteiger partial charge in [0.25, 0.3) is 0 Å². The molecule has 0 unspecified atom stereocenters. The number of aliphatic hydroxyl groups excluding tert-OH is 1. The first-order valence-electron chi connectivity index (χ1n) is 3.21. The number of rotatable bonds is 5. The van der Waals surface area contributed by atoms with E-state index in [1.807, 2.05) is 19.1 Å². The first-order chi connectivity index (χ1) is 4.41. The summed E-state index contributed by atoms with van der Waals surface area (Å²) in [5, 5.41) is 8.28. The Kier molecular flexibility index (Phi) is 7.37. The Morgan fingerprint density at radius 2 is 2.22 bits per heavy atom. The van der Waals surface area contributed by atoms with Gasteiger partial charge in [0.2, 0.25) is 0 Å². The summed E-state index contributed by atoms with van der Waals surface area (Å²) in [6.07, 6.45) is 4.97. The fourth-order valence-corrected chi connectivity index (χ4v) is 0.485. The number of aliphatic hydroxyl groups is 1. The zero-order valence-corrected chi connectivity index (χ0v) is 5.84. The maximum atomic E-state index is 8.28. The molecule has 0 aliphatic heterocycles. The first-order valence-corrected chi connectivity index (χ1v) is 3.21. The third kappa shape index (κ3) is 7.66. The number of hydrogen-bond donors (Lipinski definition) is 1. The zero-order chi connectivity index (χ0) is 6.95. The number of hydrogen-bond acceptors (Lipinski definition) is 2. The number of ether oxygens (including phenoxy) is 1. The average molecular weight is 130 g/mol. The molecule has 0 aromatic rings. The minimum Gasteiger partial charge on any atom is -0.394 e. The van der Waals surface area contributed by atoms with Gasteiger partial charge in [-0.15, -0.1) is 0 Å². The van der Waals surface area contributed by atoms with Crippen LogP contribution in [0.15, 0.2) is 12.2 Å². The second-order valence-corrected chi connectivity index (χ2v) is 1.69. The summed E-state index contributed by atoms with van der Waals surface area (Å²) in [6, 6.07) is 0. The Balaban J connectivity index is 2.75. The van der Waals surface area contributed by atoms with E-state index in [1.54, 1.807) is 0 Å². The zero-order valence-electron chi connectivity index (χ0n) is 5.84. The van der Waals surface area contributed by atoms with Crippen LogP contribution in [0, 0.1) is 0 Å². The summed E-state index contributed by atoms with van der Waals surface area (Å²) in [4.78, 5) is 0. The van der Waals surface area contributed by atoms with E-state index in [9.17, 15) is 0 Å². The Bertz CT molecular complexity index is 69.3. The standard InChI is InChI=1S/C7H14O2/c1-2-3-4-6-9-7-5-8/h2-3,8H,4-7H2,1H3. The van der Waals surface area contributed by atoms with Crippen LogP contribution in [0.5, 0.6) is 0 Å². The minimum absolute atomic E-state index is 0.121. The summed E-state index contributed by atoms with van der Waals surface area (Å²) in [7, 11) is 0. The molecule has 0 radical (unpaired) electrons. The van der Waals surface area contributed by atoms with Crippen molar-refractivity contribution in [3.8, 4) is 0 Å². The van der Waals surface area contributed by atoms with E-state index in [0.29, 0.717) is 13.2 Å². The van der Waals surface area contributed by atoms with Crippen LogP contribution in [0.1, 0.15) is 13.3 Å². The van der Waals surface area contributed by atoms with Gasteiger partial charge < -0.3 is 9.84 Å². The van der Waals surface area contributed by atoms with Crippen LogP contribution in [0.2, 0.25) is 0 Å². The van der Waals surface area contributed by atoms with Crippen LogP contribution in [0.3, 0.4) is 0 Å². The summed E-state index contributed by atoms with van der Waals surface area (Å²) < 4.78 is 4.98. The molecule has 0 aromatic carbocycles. The quantitative estimate of drug-likeness (QED) is 0.443. The molecule has 0 fully saturated rings. The fourth-order valence-electron chi connectivity index (χ4n) is 0.485. The van der Waals surface area contributed by atoms with Crippen molar-refractivity contribution in [1.82, 2.24) is 0 Å². The van der Waals surface area contributed by atoms with Gasteiger partial charge in [-0.2, -0.15) is 0 Å². The van der Waals surface area contributed by atoms with Crippen LogP contribution in [-0.2, 0) is 4.74 Å². The van der Waals surface area contributed by atoms with Gasteiger partial charge in [0.15, 0.2) is 0 Å². The van der Waals surface area contributed by atoms with E-state index in [1.165, 1.54) is 0 Å². The van der Waals surface area contributed by atoms with Gasteiger partial charge in [-0.3, -0.25) is 0 Å². The average Bonchev–Trinajstić information content (AvgIpc) is 1.89. The first kappa shape index (κ1) is 8.66. The molecular weight excluding hydrogens is 116 g/mol. The second-order valence-electron chi connectivity index (χ2n) is 1.69. The van der Waals surface area contributed by atoms with Crippen molar-refractivity contribution in [2.75, 3.05) is 19.8 Å². The molecule has 0 atom stereocenters. The second kappa shape index (κ2) is 7.66. The highest BCUT2D eigenvalue weighted by Crippen LogP contribution is 1.83. The molecule has 9 heavy (non-hydrogen) atoms. The van der Waals surface area contributed by atoms with Crippen molar-refractivity contribution in [3.63, 3.8) is 0 Å². The molecule has 0 spiro atoms. The monoisotopic (exact) mass is 130 g/mol. The van der Waals surface area contributed by atoms with Crippen LogP contribution >= 0.6 is 0 Å². The van der Waals surface area contributed by atoms with Crippen molar-refractivity contribution in [3.05, 3.63) is 12.2 Å². The van der Waals surface area contributed by atoms with E-state index in [4.69, 9.17) is 9.84 Å². The highest BCUT2D eigenvalue weighted by Gasteiger charge is 1.81. The summed E-state index contributed by atoms with van der Waals surface area (Å²) in [6.45, 7) is 3.27. The number of allylic oxidation sites excluding steroid dienone is 1. The lowest BCUT2D eigenvalue weighted by Gasteiger charge is -1.96. The maximum Gasteiger partial charge on any atom is 0.0697 e. The smallest absolute Gasteiger partial charge is 0.0697 e. The molecule has 0 aliphatic carbocycles. The summed E-state index contributed by atoms with van der Waals surface area (Å²) in [5.74, 6) is 0. The normalized spacial score (nSPS) is 10.9. The van der Waals surface area contributed by atoms with Crippen LogP contribution in [0.4, 0.5) is 0 Å². The lowest BCUT2D eigenvalue weighted by atomic mass is 10.4. The molecule has 2 heteroatoms. The Morgan fingerprint density at radius 3 is 2.78 bits per heavy atom. The predicted octanol–water partition coefficient (Wildman–Crippen LogP) is 0.962. The van der Waals surface area contributed by atoms with Gasteiger partial charge in [-0.25, -0.2) is 0 Å². The van der Waals surface area contributed by atoms with Crippen molar-refractivity contribution in [2.45, 2.75) is 13.3 Å².